The van der Waals surface area contributed by atoms with Crippen molar-refractivity contribution in [1.82, 2.24) is 24.6 Å². The highest BCUT2D eigenvalue weighted by atomic mass is 19.4. The molecule has 3 aliphatic carbocycles. The highest BCUT2D eigenvalue weighted by Gasteiger charge is 2.57. The summed E-state index contributed by atoms with van der Waals surface area (Å²) < 4.78 is 41.2. The largest absolute Gasteiger partial charge is 0.506 e. The molecule has 2 bridgehead atoms. The van der Waals surface area contributed by atoms with Gasteiger partial charge in [0.05, 0.1) is 23.0 Å². The van der Waals surface area contributed by atoms with Crippen molar-refractivity contribution < 1.29 is 33.0 Å². The number of nitrogens with zero attached hydrogens (tertiary/aromatic N) is 5. The Morgan fingerprint density at radius 1 is 1.07 bits per heavy atom. The first kappa shape index (κ1) is 26.5. The monoisotopic (exact) mass is 579 g/mol. The molecule has 5 aliphatic rings. The van der Waals surface area contributed by atoms with Crippen molar-refractivity contribution in [1.29, 1.82) is 0 Å². The number of hydrogen-bond donors (Lipinski definition) is 2. The molecule has 0 radical (unpaired) electrons. The Bertz CT molecular complexity index is 1650. The Balaban J connectivity index is 1.27. The Morgan fingerprint density at radius 2 is 1.83 bits per heavy atom. The van der Waals surface area contributed by atoms with Gasteiger partial charge in [0.25, 0.3) is 5.91 Å². The number of amides is 2. The second-order valence-corrected chi connectivity index (χ2v) is 11.8. The van der Waals surface area contributed by atoms with Gasteiger partial charge in [0.2, 0.25) is 5.91 Å². The minimum Gasteiger partial charge on any atom is -0.506 e. The highest BCUT2D eigenvalue weighted by molar-refractivity contribution is 5.95. The van der Waals surface area contributed by atoms with Crippen LogP contribution in [0.2, 0.25) is 0 Å². The zero-order valence-electron chi connectivity index (χ0n) is 22.6. The minimum atomic E-state index is -4.87. The molecule has 3 aromatic rings. The van der Waals surface area contributed by atoms with Crippen LogP contribution in [0.4, 0.5) is 13.2 Å². The predicted molar refractivity (Wildman–Crippen MR) is 143 cm³/mol. The lowest BCUT2D eigenvalue weighted by atomic mass is 9.42. The van der Waals surface area contributed by atoms with E-state index in [2.05, 4.69) is 17.6 Å². The Hall–Kier alpha value is -4.35. The summed E-state index contributed by atoms with van der Waals surface area (Å²) in [6.45, 7) is 4.19. The topological polar surface area (TPSA) is 112 Å². The second-order valence-electron chi connectivity index (χ2n) is 11.8. The zero-order chi connectivity index (χ0) is 29.6. The molecule has 1 unspecified atom stereocenters. The fourth-order valence-corrected chi connectivity index (χ4v) is 7.18. The number of rotatable bonds is 4. The lowest BCUT2D eigenvalue weighted by molar-refractivity contribution is -0.142. The molecule has 9 nitrogen and oxygen atoms in total. The van der Waals surface area contributed by atoms with Crippen LogP contribution in [0.5, 0.6) is 11.5 Å². The van der Waals surface area contributed by atoms with Crippen molar-refractivity contribution >= 4 is 11.8 Å². The van der Waals surface area contributed by atoms with Crippen LogP contribution in [0.1, 0.15) is 63.9 Å². The molecular weight excluding hydrogens is 551 g/mol. The number of aromatic hydroxyl groups is 2. The van der Waals surface area contributed by atoms with Crippen LogP contribution in [0.3, 0.4) is 0 Å². The molecule has 12 heteroatoms. The van der Waals surface area contributed by atoms with Gasteiger partial charge in [-0.1, -0.05) is 12.6 Å². The van der Waals surface area contributed by atoms with Gasteiger partial charge in [-0.05, 0) is 60.4 Å². The molecule has 2 aromatic heterocycles. The molecule has 0 saturated heterocycles. The maximum atomic E-state index is 13.7. The van der Waals surface area contributed by atoms with E-state index in [1.807, 2.05) is 12.1 Å². The van der Waals surface area contributed by atoms with E-state index >= 15 is 0 Å². The molecule has 2 N–H and O–H groups in total. The number of phenols is 1. The van der Waals surface area contributed by atoms with Gasteiger partial charge in [0, 0.05) is 44.2 Å². The van der Waals surface area contributed by atoms with Gasteiger partial charge < -0.3 is 20.0 Å². The second kappa shape index (κ2) is 9.07. The van der Waals surface area contributed by atoms with E-state index in [-0.39, 0.29) is 35.7 Å². The predicted octanol–water partition coefficient (Wildman–Crippen LogP) is 4.06. The van der Waals surface area contributed by atoms with E-state index in [4.69, 9.17) is 5.10 Å². The van der Waals surface area contributed by atoms with Gasteiger partial charge in [0.1, 0.15) is 17.2 Å². The number of carbonyl (C=O) groups excluding carboxylic acids is 2. The first-order valence-corrected chi connectivity index (χ1v) is 13.9. The van der Waals surface area contributed by atoms with Crippen molar-refractivity contribution in [2.75, 3.05) is 19.6 Å². The van der Waals surface area contributed by atoms with Crippen LogP contribution < -0.4 is 0 Å². The third-order valence-electron chi connectivity index (χ3n) is 9.39. The number of alkyl halides is 3. The van der Waals surface area contributed by atoms with Crippen LogP contribution in [0, 0.1) is 5.92 Å². The third-order valence-corrected chi connectivity index (χ3v) is 9.39. The molecule has 3 saturated carbocycles. The number of pyridine rings is 1. The summed E-state index contributed by atoms with van der Waals surface area (Å²) in [5.74, 6) is -1.16. The van der Waals surface area contributed by atoms with E-state index in [9.17, 15) is 33.0 Å². The fourth-order valence-electron chi connectivity index (χ4n) is 7.18. The smallest absolute Gasteiger partial charge is 0.437 e. The zero-order valence-corrected chi connectivity index (χ0v) is 22.6. The molecule has 218 valence electrons. The summed E-state index contributed by atoms with van der Waals surface area (Å²) in [7, 11) is 0. The van der Waals surface area contributed by atoms with E-state index in [0.29, 0.717) is 30.8 Å². The fraction of sp³-hybridized carbons (Fsp3) is 0.400. The van der Waals surface area contributed by atoms with Crippen LogP contribution in [-0.4, -0.2) is 66.2 Å². The Labute approximate surface area is 238 Å². The average Bonchev–Trinajstić information content (AvgIpc) is 3.14. The van der Waals surface area contributed by atoms with Crippen molar-refractivity contribution in [3.05, 3.63) is 76.9 Å². The molecule has 2 aliphatic heterocycles. The summed E-state index contributed by atoms with van der Waals surface area (Å²) in [5, 5.41) is 26.0. The summed E-state index contributed by atoms with van der Waals surface area (Å²) in [4.78, 5) is 32.7. The SMILES string of the molecule is C=CC(=O)N1CCc2nn(-c3ccc(C45CC(C4)C5)cc3O)c3c2C(C1)N(C(=O)c1cnc(C(F)(F)F)c(O)c1)CC3. The van der Waals surface area contributed by atoms with E-state index in [1.165, 1.54) is 11.0 Å². The molecule has 4 heterocycles. The first-order chi connectivity index (χ1) is 20.0. The van der Waals surface area contributed by atoms with Gasteiger partial charge in [-0.2, -0.15) is 18.3 Å². The molecule has 42 heavy (non-hydrogen) atoms. The normalized spacial score (nSPS) is 24.3. The Kier molecular flexibility index (Phi) is 5.73. The van der Waals surface area contributed by atoms with Crippen molar-refractivity contribution in [2.24, 2.45) is 5.92 Å². The van der Waals surface area contributed by atoms with E-state index < -0.39 is 29.6 Å². The summed E-state index contributed by atoms with van der Waals surface area (Å²) in [6, 6.07) is 5.87. The van der Waals surface area contributed by atoms with Gasteiger partial charge in [-0.3, -0.25) is 9.59 Å². The molecule has 0 spiro atoms. The molecule has 1 aromatic carbocycles. The number of hydrogen-bond acceptors (Lipinski definition) is 6. The van der Waals surface area contributed by atoms with Crippen molar-refractivity contribution in [3.63, 3.8) is 0 Å². The lowest BCUT2D eigenvalue weighted by Gasteiger charge is -2.62. The molecular formula is C30H28F3N5O4. The Morgan fingerprint density at radius 3 is 2.45 bits per heavy atom. The van der Waals surface area contributed by atoms with E-state index in [1.54, 1.807) is 9.58 Å². The van der Waals surface area contributed by atoms with E-state index in [0.717, 1.165) is 54.3 Å². The lowest BCUT2D eigenvalue weighted by Crippen LogP contribution is -2.55. The maximum Gasteiger partial charge on any atom is 0.437 e. The van der Waals surface area contributed by atoms with Crippen LogP contribution in [-0.2, 0) is 29.2 Å². The third kappa shape index (κ3) is 3.91. The first-order valence-electron chi connectivity index (χ1n) is 13.9. The van der Waals surface area contributed by atoms with Crippen LogP contribution in [0.25, 0.3) is 5.69 Å². The van der Waals surface area contributed by atoms with Crippen molar-refractivity contribution in [2.45, 2.75) is 49.7 Å². The highest BCUT2D eigenvalue weighted by Crippen LogP contribution is 2.65. The summed E-state index contributed by atoms with van der Waals surface area (Å²) in [6.07, 6.45) is 1.36. The number of benzene rings is 1. The molecule has 8 rings (SSSR count). The van der Waals surface area contributed by atoms with Crippen LogP contribution >= 0.6 is 0 Å². The molecule has 3 fully saturated rings. The van der Waals surface area contributed by atoms with Crippen molar-refractivity contribution in [3.8, 4) is 17.2 Å². The molecule has 1 atom stereocenters. The molecule has 2 amide bonds. The summed E-state index contributed by atoms with van der Waals surface area (Å²) in [5.41, 5.74) is 2.40. The standard InChI is InChI=1S/C30H28F3N5O4/c1-2-25(41)36-7-5-19-26-21(38(35-19)20-4-3-18(10-23(20)39)29-11-16(12-29)13-29)6-8-37(22(26)15-36)28(42)17-9-24(40)27(34-14-17)30(31,32)33/h2-4,9-10,14,16,22,39-40H,1,5-8,11-13,15H2. The number of carbonyl (C=O) groups is 2. The van der Waals surface area contributed by atoms with Gasteiger partial charge in [0.15, 0.2) is 5.69 Å². The number of halogens is 3. The van der Waals surface area contributed by atoms with Gasteiger partial charge >= 0.3 is 6.18 Å². The summed E-state index contributed by atoms with van der Waals surface area (Å²) >= 11 is 0. The number of aromatic nitrogens is 3. The average molecular weight is 580 g/mol. The maximum absolute atomic E-state index is 13.7. The number of phenolic OH excluding ortho intramolecular Hbond substituents is 1. The van der Waals surface area contributed by atoms with Gasteiger partial charge in [-0.15, -0.1) is 0 Å². The van der Waals surface area contributed by atoms with Gasteiger partial charge in [-0.25, -0.2) is 9.67 Å². The van der Waals surface area contributed by atoms with Crippen LogP contribution in [0.15, 0.2) is 43.1 Å². The minimum absolute atomic E-state index is 0.121. The quantitative estimate of drug-likeness (QED) is 0.451.